The van der Waals surface area contributed by atoms with Crippen molar-refractivity contribution in [2.45, 2.75) is 12.8 Å². The summed E-state index contributed by atoms with van der Waals surface area (Å²) in [7, 11) is 4.39. The van der Waals surface area contributed by atoms with E-state index in [1.54, 1.807) is 14.0 Å². The number of rotatable bonds is 5. The topological polar surface area (TPSA) is 65.1 Å². The van der Waals surface area contributed by atoms with Crippen LogP contribution in [0.4, 0.5) is 4.79 Å². The number of carbonyl (C=O) groups excluding carboxylic acids is 2. The molecule has 6 heteroatoms. The van der Waals surface area contributed by atoms with Crippen molar-refractivity contribution in [3.8, 4) is 5.75 Å². The lowest BCUT2D eigenvalue weighted by Crippen LogP contribution is -2.31. The molecule has 0 aromatic heterocycles. The quantitative estimate of drug-likeness (QED) is 0.622. The number of benzene rings is 2. The second kappa shape index (κ2) is 7.68. The summed E-state index contributed by atoms with van der Waals surface area (Å²) in [6.07, 6.45) is -0.560. The highest BCUT2D eigenvalue weighted by Gasteiger charge is 2.19. The zero-order valence-corrected chi connectivity index (χ0v) is 14.2. The van der Waals surface area contributed by atoms with Crippen molar-refractivity contribution in [1.82, 2.24) is 4.90 Å². The van der Waals surface area contributed by atoms with Crippen LogP contribution in [0.1, 0.15) is 18.4 Å². The van der Waals surface area contributed by atoms with Crippen LogP contribution in [-0.2, 0) is 14.3 Å². The first kappa shape index (κ1) is 17.6. The van der Waals surface area contributed by atoms with Gasteiger partial charge in [-0.1, -0.05) is 24.3 Å². The monoisotopic (exact) mass is 331 g/mol. The van der Waals surface area contributed by atoms with Gasteiger partial charge in [-0.3, -0.25) is 9.69 Å². The number of hydrogen-bond donors (Lipinski definition) is 0. The van der Waals surface area contributed by atoms with E-state index in [4.69, 9.17) is 9.47 Å². The van der Waals surface area contributed by atoms with Crippen LogP contribution in [-0.4, -0.2) is 45.0 Å². The molecule has 0 saturated heterocycles. The Morgan fingerprint density at radius 2 is 1.75 bits per heavy atom. The number of carbonyl (C=O) groups is 2. The molecule has 2 rings (SSSR count). The average molecular weight is 331 g/mol. The van der Waals surface area contributed by atoms with E-state index in [1.165, 1.54) is 19.1 Å². The molecule has 6 nitrogen and oxygen atoms in total. The summed E-state index contributed by atoms with van der Waals surface area (Å²) in [6, 6.07) is 11.5. The normalized spacial score (nSPS) is 11.7. The predicted octanol–water partition coefficient (Wildman–Crippen LogP) is 3.15. The zero-order chi connectivity index (χ0) is 17.7. The van der Waals surface area contributed by atoms with Gasteiger partial charge >= 0.3 is 12.1 Å². The molecule has 128 valence electrons. The standard InChI is InChI=1S/C18H21NO5/c1-12(17(20)24-11-19(2)18(21)23-4)13-5-6-15-10-16(22-3)8-7-14(15)9-13/h5-10,12H,11H2,1-4H3/t12-/m0/s1. The van der Waals surface area contributed by atoms with Crippen LogP contribution in [0.2, 0.25) is 0 Å². The molecule has 0 spiro atoms. The van der Waals surface area contributed by atoms with Gasteiger partial charge in [0.25, 0.3) is 0 Å². The lowest BCUT2D eigenvalue weighted by Gasteiger charge is -2.17. The molecule has 1 atom stereocenters. The SMILES string of the molecule is COC(=O)N(C)COC(=O)[C@@H](C)c1ccc2cc(OC)ccc2c1. The highest BCUT2D eigenvalue weighted by atomic mass is 16.6. The van der Waals surface area contributed by atoms with Crippen LogP contribution in [0.25, 0.3) is 10.8 Å². The highest BCUT2D eigenvalue weighted by Crippen LogP contribution is 2.25. The Morgan fingerprint density at radius 3 is 2.42 bits per heavy atom. The van der Waals surface area contributed by atoms with E-state index in [9.17, 15) is 9.59 Å². The minimum absolute atomic E-state index is 0.152. The van der Waals surface area contributed by atoms with Gasteiger partial charge < -0.3 is 14.2 Å². The summed E-state index contributed by atoms with van der Waals surface area (Å²) >= 11 is 0. The minimum atomic E-state index is -0.560. The van der Waals surface area contributed by atoms with Gasteiger partial charge in [-0.05, 0) is 35.4 Å². The van der Waals surface area contributed by atoms with E-state index in [2.05, 4.69) is 4.74 Å². The molecule has 0 aliphatic heterocycles. The van der Waals surface area contributed by atoms with Crippen LogP contribution in [0.3, 0.4) is 0 Å². The molecule has 0 saturated carbocycles. The van der Waals surface area contributed by atoms with Crippen molar-refractivity contribution in [2.24, 2.45) is 0 Å². The molecule has 0 aliphatic rings. The molecule has 2 aromatic rings. The van der Waals surface area contributed by atoms with Crippen molar-refractivity contribution >= 4 is 22.8 Å². The van der Waals surface area contributed by atoms with Gasteiger partial charge in [-0.2, -0.15) is 0 Å². The molecule has 0 heterocycles. The maximum absolute atomic E-state index is 12.2. The molecular weight excluding hydrogens is 310 g/mol. The Hall–Kier alpha value is -2.76. The van der Waals surface area contributed by atoms with Crippen LogP contribution in [0, 0.1) is 0 Å². The smallest absolute Gasteiger partial charge is 0.411 e. The third-order valence-electron chi connectivity index (χ3n) is 3.81. The molecule has 2 aromatic carbocycles. The Balaban J connectivity index is 2.08. The summed E-state index contributed by atoms with van der Waals surface area (Å²) in [4.78, 5) is 24.6. The highest BCUT2D eigenvalue weighted by molar-refractivity contribution is 5.86. The van der Waals surface area contributed by atoms with Crippen molar-refractivity contribution in [3.63, 3.8) is 0 Å². The molecular formula is C18H21NO5. The van der Waals surface area contributed by atoms with Gasteiger partial charge in [-0.25, -0.2) is 4.79 Å². The number of amides is 1. The molecule has 0 unspecified atom stereocenters. The van der Waals surface area contributed by atoms with Gasteiger partial charge in [0, 0.05) is 7.05 Å². The van der Waals surface area contributed by atoms with Crippen LogP contribution < -0.4 is 4.74 Å². The molecule has 24 heavy (non-hydrogen) atoms. The van der Waals surface area contributed by atoms with E-state index < -0.39 is 18.0 Å². The number of esters is 1. The third kappa shape index (κ3) is 3.95. The Bertz CT molecular complexity index is 743. The van der Waals surface area contributed by atoms with Crippen molar-refractivity contribution in [3.05, 3.63) is 42.0 Å². The van der Waals surface area contributed by atoms with Gasteiger partial charge in [0.15, 0.2) is 6.73 Å². The Labute approximate surface area is 140 Å². The Kier molecular flexibility index (Phi) is 5.63. The molecule has 0 radical (unpaired) electrons. The first-order chi connectivity index (χ1) is 11.5. The average Bonchev–Trinajstić information content (AvgIpc) is 2.63. The van der Waals surface area contributed by atoms with Gasteiger partial charge in [0.2, 0.25) is 0 Å². The maximum atomic E-state index is 12.2. The van der Waals surface area contributed by atoms with Gasteiger partial charge in [0.05, 0.1) is 20.1 Å². The molecule has 0 aliphatic carbocycles. The minimum Gasteiger partial charge on any atom is -0.497 e. The van der Waals surface area contributed by atoms with E-state index in [1.807, 2.05) is 36.4 Å². The van der Waals surface area contributed by atoms with Crippen molar-refractivity contribution in [1.29, 1.82) is 0 Å². The summed E-state index contributed by atoms with van der Waals surface area (Å²) < 4.78 is 14.9. The predicted molar refractivity (Wildman–Crippen MR) is 90.0 cm³/mol. The largest absolute Gasteiger partial charge is 0.497 e. The summed E-state index contributed by atoms with van der Waals surface area (Å²) in [5, 5.41) is 2.05. The maximum Gasteiger partial charge on any atom is 0.411 e. The van der Waals surface area contributed by atoms with Crippen LogP contribution in [0.5, 0.6) is 5.75 Å². The number of hydrogen-bond acceptors (Lipinski definition) is 5. The summed E-state index contributed by atoms with van der Waals surface area (Å²) in [5.74, 6) is -0.0604. The van der Waals surface area contributed by atoms with E-state index in [0.29, 0.717) is 0 Å². The molecule has 0 N–H and O–H groups in total. The fourth-order valence-corrected chi connectivity index (χ4v) is 2.27. The lowest BCUT2D eigenvalue weighted by molar-refractivity contribution is -0.148. The third-order valence-corrected chi connectivity index (χ3v) is 3.81. The number of nitrogens with zero attached hydrogens (tertiary/aromatic N) is 1. The number of fused-ring (bicyclic) bond motifs is 1. The lowest BCUT2D eigenvalue weighted by atomic mass is 9.98. The zero-order valence-electron chi connectivity index (χ0n) is 14.2. The fourth-order valence-electron chi connectivity index (χ4n) is 2.27. The van der Waals surface area contributed by atoms with E-state index in [0.717, 1.165) is 22.1 Å². The van der Waals surface area contributed by atoms with Gasteiger partial charge in [-0.15, -0.1) is 0 Å². The first-order valence-corrected chi connectivity index (χ1v) is 7.49. The van der Waals surface area contributed by atoms with Crippen molar-refractivity contribution < 1.29 is 23.8 Å². The number of ether oxygens (including phenoxy) is 3. The fraction of sp³-hybridized carbons (Fsp3) is 0.333. The molecule has 1 amide bonds. The molecule has 0 fully saturated rings. The Morgan fingerprint density at radius 1 is 1.08 bits per heavy atom. The van der Waals surface area contributed by atoms with Gasteiger partial charge in [0.1, 0.15) is 5.75 Å². The second-order valence-electron chi connectivity index (χ2n) is 5.45. The van der Waals surface area contributed by atoms with Crippen molar-refractivity contribution in [2.75, 3.05) is 28.0 Å². The summed E-state index contributed by atoms with van der Waals surface area (Å²) in [6.45, 7) is 1.62. The second-order valence-corrected chi connectivity index (χ2v) is 5.45. The van der Waals surface area contributed by atoms with Crippen LogP contribution in [0.15, 0.2) is 36.4 Å². The molecule has 0 bridgehead atoms. The van der Waals surface area contributed by atoms with E-state index in [-0.39, 0.29) is 6.73 Å². The summed E-state index contributed by atoms with van der Waals surface area (Å²) in [5.41, 5.74) is 0.846. The first-order valence-electron chi connectivity index (χ1n) is 7.49. The van der Waals surface area contributed by atoms with Crippen LogP contribution >= 0.6 is 0 Å². The number of methoxy groups -OCH3 is 2. The van der Waals surface area contributed by atoms with E-state index >= 15 is 0 Å².